The molecule has 0 aliphatic heterocycles. The number of hydrogen-bond acceptors (Lipinski definition) is 2. The molecule has 0 aromatic carbocycles. The third-order valence-corrected chi connectivity index (χ3v) is 2.78. The summed E-state index contributed by atoms with van der Waals surface area (Å²) in [5.41, 5.74) is 0. The summed E-state index contributed by atoms with van der Waals surface area (Å²) >= 11 is -0.264. The predicted molar refractivity (Wildman–Crippen MR) is 52.6 cm³/mol. The van der Waals surface area contributed by atoms with Crippen molar-refractivity contribution in [2.45, 2.75) is 17.4 Å². The van der Waals surface area contributed by atoms with Gasteiger partial charge in [0.2, 0.25) is 0 Å². The molecule has 0 atom stereocenters. The highest BCUT2D eigenvalue weighted by Gasteiger charge is 1.86. The van der Waals surface area contributed by atoms with Gasteiger partial charge in [-0.25, -0.2) is 0 Å². The molecule has 0 aliphatic carbocycles. The number of methoxy groups -OCH3 is 1. The van der Waals surface area contributed by atoms with Crippen molar-refractivity contribution in [3.05, 3.63) is 12.2 Å². The van der Waals surface area contributed by atoms with Gasteiger partial charge in [0.05, 0.1) is 6.61 Å². The molecular weight excluding hydrogens is 188 g/mol. The van der Waals surface area contributed by atoms with E-state index in [9.17, 15) is 0 Å². The largest absolute Gasteiger partial charge is 0.501 e. The Bertz CT molecular complexity index is 109. The van der Waals surface area contributed by atoms with Gasteiger partial charge in [-0.05, 0) is 6.42 Å². The van der Waals surface area contributed by atoms with Crippen LogP contribution in [0, 0.1) is 0 Å². The van der Waals surface area contributed by atoms with Crippen molar-refractivity contribution in [3.63, 3.8) is 0 Å². The Morgan fingerprint density at radius 2 is 2.08 bits per heavy atom. The Kier molecular flexibility index (Phi) is 12.4. The average molecular weight is 203 g/mol. The Balaban J connectivity index is 2.92. The lowest BCUT2D eigenvalue weighted by atomic mass is 10.3. The zero-order valence-corrected chi connectivity index (χ0v) is 9.76. The maximum atomic E-state index is 5.65. The lowest BCUT2D eigenvalue weighted by Gasteiger charge is -1.98. The number of allylic oxidation sites excluding steroid dienone is 1. The SMILES string of the molecule is COCOCC/C=C/C[CH2][Mg][Cl]. The van der Waals surface area contributed by atoms with E-state index in [0.29, 0.717) is 6.79 Å². The summed E-state index contributed by atoms with van der Waals surface area (Å²) in [6.45, 7) is 1.13. The standard InChI is InChI=1S/C8H15O2.ClH.Mg/c1-3-4-5-6-7-10-8-9-2;;/h4-5H,1,3,6-8H2,2H3;1H;/q;;+1/p-1/b5-4+;;. The van der Waals surface area contributed by atoms with E-state index in [2.05, 4.69) is 12.2 Å². The third-order valence-electron chi connectivity index (χ3n) is 1.30. The van der Waals surface area contributed by atoms with E-state index in [4.69, 9.17) is 18.5 Å². The minimum absolute atomic E-state index is 0.264. The van der Waals surface area contributed by atoms with E-state index in [1.54, 1.807) is 7.11 Å². The molecule has 0 saturated heterocycles. The first kappa shape index (κ1) is 12.7. The van der Waals surface area contributed by atoms with E-state index in [1.165, 1.54) is 4.55 Å². The van der Waals surface area contributed by atoms with Crippen molar-refractivity contribution in [1.29, 1.82) is 0 Å². The van der Waals surface area contributed by atoms with E-state index >= 15 is 0 Å². The molecule has 2 nitrogen and oxygen atoms in total. The monoisotopic (exact) mass is 202 g/mol. The van der Waals surface area contributed by atoms with Crippen LogP contribution in [0.25, 0.3) is 0 Å². The van der Waals surface area contributed by atoms with Crippen molar-refractivity contribution in [3.8, 4) is 0 Å². The van der Waals surface area contributed by atoms with Gasteiger partial charge in [-0.3, -0.25) is 0 Å². The summed E-state index contributed by atoms with van der Waals surface area (Å²) in [4.78, 5) is 0. The molecule has 12 heavy (non-hydrogen) atoms. The zero-order valence-electron chi connectivity index (χ0n) is 7.59. The lowest BCUT2D eigenvalue weighted by molar-refractivity contribution is -0.0285. The first-order chi connectivity index (χ1) is 5.91. The smallest absolute Gasteiger partial charge is 0.359 e. The Labute approximate surface area is 87.8 Å². The van der Waals surface area contributed by atoms with Crippen molar-refractivity contribution in [2.75, 3.05) is 20.5 Å². The molecule has 68 valence electrons. The minimum Gasteiger partial charge on any atom is -0.359 e. The number of halogens is 1. The van der Waals surface area contributed by atoms with Gasteiger partial charge in [-0.15, -0.1) is 4.55 Å². The van der Waals surface area contributed by atoms with Crippen LogP contribution in [0.3, 0.4) is 0 Å². The molecule has 0 saturated carbocycles. The zero-order chi connectivity index (χ0) is 9.07. The maximum absolute atomic E-state index is 5.65. The van der Waals surface area contributed by atoms with E-state index < -0.39 is 0 Å². The molecule has 0 aliphatic rings. The third kappa shape index (κ3) is 10.7. The van der Waals surface area contributed by atoms with Crippen LogP contribution in [0.2, 0.25) is 4.55 Å². The van der Waals surface area contributed by atoms with E-state index in [1.807, 2.05) is 0 Å². The van der Waals surface area contributed by atoms with Crippen LogP contribution in [0.4, 0.5) is 0 Å². The molecule has 0 rings (SSSR count). The molecule has 0 unspecified atom stereocenters. The summed E-state index contributed by atoms with van der Waals surface area (Å²) in [6, 6.07) is 0. The van der Waals surface area contributed by atoms with Crippen LogP contribution in [0.5, 0.6) is 0 Å². The van der Waals surface area contributed by atoms with Crippen molar-refractivity contribution >= 4 is 28.3 Å². The number of hydrogen-bond donors (Lipinski definition) is 0. The first-order valence-corrected chi connectivity index (χ1v) is 7.33. The summed E-state index contributed by atoms with van der Waals surface area (Å²) in [7, 11) is 7.27. The average Bonchev–Trinajstić information content (AvgIpc) is 2.10. The molecule has 0 heterocycles. The molecule has 0 amide bonds. The molecule has 0 N–H and O–H groups in total. The van der Waals surface area contributed by atoms with Crippen molar-refractivity contribution < 1.29 is 9.47 Å². The van der Waals surface area contributed by atoms with Gasteiger partial charge in [-0.1, -0.05) is 18.6 Å². The van der Waals surface area contributed by atoms with E-state index in [0.717, 1.165) is 19.4 Å². The number of ether oxygens (including phenoxy) is 2. The van der Waals surface area contributed by atoms with Gasteiger partial charge in [0.1, 0.15) is 6.79 Å². The Morgan fingerprint density at radius 3 is 2.75 bits per heavy atom. The van der Waals surface area contributed by atoms with Crippen LogP contribution in [0.15, 0.2) is 12.2 Å². The fraction of sp³-hybridized carbons (Fsp3) is 0.750. The van der Waals surface area contributed by atoms with Gasteiger partial charge in [0.25, 0.3) is 0 Å². The maximum Gasteiger partial charge on any atom is 0.501 e. The van der Waals surface area contributed by atoms with Gasteiger partial charge < -0.3 is 18.5 Å². The van der Waals surface area contributed by atoms with Crippen LogP contribution < -0.4 is 0 Å². The first-order valence-electron chi connectivity index (χ1n) is 4.19. The van der Waals surface area contributed by atoms with Gasteiger partial charge >= 0.3 is 19.3 Å². The fourth-order valence-electron chi connectivity index (χ4n) is 0.724. The van der Waals surface area contributed by atoms with Gasteiger partial charge in [-0.2, -0.15) is 0 Å². The summed E-state index contributed by atoms with van der Waals surface area (Å²) in [5, 5.41) is 0. The molecule has 4 heteroatoms. The molecule has 0 bridgehead atoms. The Hall–Kier alpha value is 0.716. The van der Waals surface area contributed by atoms with Gasteiger partial charge in [0.15, 0.2) is 0 Å². The number of rotatable bonds is 8. The second-order valence-corrected chi connectivity index (χ2v) is 4.63. The topological polar surface area (TPSA) is 18.5 Å². The van der Waals surface area contributed by atoms with Crippen molar-refractivity contribution in [1.82, 2.24) is 0 Å². The minimum atomic E-state index is -0.264. The predicted octanol–water partition coefficient (Wildman–Crippen LogP) is 2.22. The van der Waals surface area contributed by atoms with Crippen LogP contribution in [0.1, 0.15) is 12.8 Å². The molecule has 0 fully saturated rings. The molecule has 0 aromatic rings. The fourth-order valence-corrected chi connectivity index (χ4v) is 1.58. The molecule has 0 spiro atoms. The quantitative estimate of drug-likeness (QED) is 0.260. The van der Waals surface area contributed by atoms with Crippen LogP contribution >= 0.6 is 9.07 Å². The van der Waals surface area contributed by atoms with Crippen LogP contribution in [-0.2, 0) is 9.47 Å². The highest BCUT2D eigenvalue weighted by atomic mass is 35.5. The van der Waals surface area contributed by atoms with Crippen molar-refractivity contribution in [2.24, 2.45) is 0 Å². The lowest BCUT2D eigenvalue weighted by Crippen LogP contribution is -1.96. The summed E-state index contributed by atoms with van der Waals surface area (Å²) in [5.74, 6) is 0. The second kappa shape index (κ2) is 11.7. The normalized spacial score (nSPS) is 10.5. The molecular formula is C8H15ClMgO2. The second-order valence-electron chi connectivity index (χ2n) is 2.41. The van der Waals surface area contributed by atoms with E-state index in [-0.39, 0.29) is 19.3 Å². The highest BCUT2D eigenvalue weighted by Crippen LogP contribution is 1.94. The van der Waals surface area contributed by atoms with Gasteiger partial charge in [0, 0.05) is 7.11 Å². The highest BCUT2D eigenvalue weighted by molar-refractivity contribution is 6.93. The summed E-state index contributed by atoms with van der Waals surface area (Å²) in [6.07, 6.45) is 6.40. The summed E-state index contributed by atoms with van der Waals surface area (Å²) < 4.78 is 11.0. The van der Waals surface area contributed by atoms with Crippen LogP contribution in [-0.4, -0.2) is 39.8 Å². The molecule has 0 aromatic heterocycles. The Morgan fingerprint density at radius 1 is 1.33 bits per heavy atom. The molecule has 0 radical (unpaired) electrons.